The maximum absolute atomic E-state index is 11.9. The van der Waals surface area contributed by atoms with E-state index in [-0.39, 0.29) is 25.3 Å². The molecule has 2 atom stereocenters. The molecule has 1 heterocycles. The zero-order chi connectivity index (χ0) is 13.0. The van der Waals surface area contributed by atoms with E-state index in [9.17, 15) is 9.90 Å². The van der Waals surface area contributed by atoms with Gasteiger partial charge in [0.05, 0.1) is 12.6 Å². The van der Waals surface area contributed by atoms with Gasteiger partial charge in [0.1, 0.15) is 6.61 Å². The summed E-state index contributed by atoms with van der Waals surface area (Å²) in [7, 11) is 0. The summed E-state index contributed by atoms with van der Waals surface area (Å²) in [4.78, 5) is 13.4. The van der Waals surface area contributed by atoms with E-state index in [0.717, 1.165) is 5.56 Å². The molecule has 1 aromatic carbocycles. The number of carbonyl (C=O) groups excluding carboxylic acids is 1. The van der Waals surface area contributed by atoms with Crippen LogP contribution < -0.4 is 5.73 Å². The number of amides is 1. The number of hydrogen-bond donors (Lipinski definition) is 2. The molecule has 1 aliphatic rings. The van der Waals surface area contributed by atoms with Crippen molar-refractivity contribution in [2.24, 2.45) is 5.73 Å². The SMILES string of the molecule is NC1CC(CO)N(C(=O)OCc2ccccc2)C1. The van der Waals surface area contributed by atoms with Crippen LogP contribution in [0.15, 0.2) is 30.3 Å². The Bertz CT molecular complexity index is 396. The zero-order valence-corrected chi connectivity index (χ0v) is 10.2. The van der Waals surface area contributed by atoms with E-state index in [1.54, 1.807) is 0 Å². The molecule has 0 aliphatic carbocycles. The third-order valence-corrected chi connectivity index (χ3v) is 3.10. The second kappa shape index (κ2) is 5.84. The van der Waals surface area contributed by atoms with Gasteiger partial charge >= 0.3 is 6.09 Å². The van der Waals surface area contributed by atoms with Crippen LogP contribution in [0.2, 0.25) is 0 Å². The van der Waals surface area contributed by atoms with Crippen molar-refractivity contribution < 1.29 is 14.6 Å². The maximum Gasteiger partial charge on any atom is 0.410 e. The van der Waals surface area contributed by atoms with Crippen LogP contribution in [0.25, 0.3) is 0 Å². The first-order valence-electron chi connectivity index (χ1n) is 6.04. The molecule has 2 unspecified atom stereocenters. The number of aliphatic hydroxyl groups is 1. The summed E-state index contributed by atoms with van der Waals surface area (Å²) in [5.74, 6) is 0. The summed E-state index contributed by atoms with van der Waals surface area (Å²) in [5.41, 5.74) is 6.72. The second-order valence-corrected chi connectivity index (χ2v) is 4.52. The van der Waals surface area contributed by atoms with E-state index >= 15 is 0 Å². The predicted molar refractivity (Wildman–Crippen MR) is 66.8 cm³/mol. The summed E-state index contributed by atoms with van der Waals surface area (Å²) < 4.78 is 5.21. The first-order valence-corrected chi connectivity index (χ1v) is 6.04. The molecule has 2 rings (SSSR count). The Kier molecular flexibility index (Phi) is 4.17. The normalized spacial score (nSPS) is 23.1. The fraction of sp³-hybridized carbons (Fsp3) is 0.462. The van der Waals surface area contributed by atoms with Crippen LogP contribution >= 0.6 is 0 Å². The van der Waals surface area contributed by atoms with Crippen molar-refractivity contribution in [1.82, 2.24) is 4.90 Å². The number of nitrogens with zero attached hydrogens (tertiary/aromatic N) is 1. The quantitative estimate of drug-likeness (QED) is 0.828. The van der Waals surface area contributed by atoms with Gasteiger partial charge in [0.15, 0.2) is 0 Å². The lowest BCUT2D eigenvalue weighted by atomic mass is 10.2. The van der Waals surface area contributed by atoms with Crippen LogP contribution in [0, 0.1) is 0 Å². The molecular formula is C13H18N2O3. The molecule has 1 amide bonds. The Morgan fingerprint density at radius 1 is 1.44 bits per heavy atom. The number of likely N-dealkylation sites (tertiary alicyclic amines) is 1. The van der Waals surface area contributed by atoms with Gasteiger partial charge < -0.3 is 20.5 Å². The molecule has 5 nitrogen and oxygen atoms in total. The van der Waals surface area contributed by atoms with Crippen LogP contribution in [0.4, 0.5) is 4.79 Å². The van der Waals surface area contributed by atoms with Crippen LogP contribution in [-0.4, -0.2) is 41.3 Å². The first-order chi connectivity index (χ1) is 8.70. The van der Waals surface area contributed by atoms with Crippen LogP contribution in [0.5, 0.6) is 0 Å². The van der Waals surface area contributed by atoms with Crippen molar-refractivity contribution in [1.29, 1.82) is 0 Å². The lowest BCUT2D eigenvalue weighted by molar-refractivity contribution is 0.0794. The van der Waals surface area contributed by atoms with Gasteiger partial charge in [0, 0.05) is 12.6 Å². The number of nitrogens with two attached hydrogens (primary N) is 1. The Labute approximate surface area is 106 Å². The Morgan fingerprint density at radius 2 is 2.17 bits per heavy atom. The average molecular weight is 250 g/mol. The average Bonchev–Trinajstić information content (AvgIpc) is 2.78. The molecule has 1 fully saturated rings. The number of benzene rings is 1. The largest absolute Gasteiger partial charge is 0.445 e. The minimum Gasteiger partial charge on any atom is -0.445 e. The summed E-state index contributed by atoms with van der Waals surface area (Å²) in [6.45, 7) is 0.608. The molecule has 0 radical (unpaired) electrons. The Hall–Kier alpha value is -1.59. The zero-order valence-electron chi connectivity index (χ0n) is 10.2. The first kappa shape index (κ1) is 12.9. The Balaban J connectivity index is 1.88. The van der Waals surface area contributed by atoms with Gasteiger partial charge in [-0.25, -0.2) is 4.79 Å². The van der Waals surface area contributed by atoms with E-state index in [0.29, 0.717) is 13.0 Å². The highest BCUT2D eigenvalue weighted by Gasteiger charge is 2.33. The predicted octanol–water partition coefficient (Wildman–Crippen LogP) is 0.717. The van der Waals surface area contributed by atoms with Crippen molar-refractivity contribution in [3.63, 3.8) is 0 Å². The minimum atomic E-state index is -0.411. The lowest BCUT2D eigenvalue weighted by Crippen LogP contribution is -2.38. The third-order valence-electron chi connectivity index (χ3n) is 3.10. The van der Waals surface area contributed by atoms with Crippen LogP contribution in [-0.2, 0) is 11.3 Å². The van der Waals surface area contributed by atoms with E-state index in [1.807, 2.05) is 30.3 Å². The van der Waals surface area contributed by atoms with E-state index < -0.39 is 6.09 Å². The summed E-state index contributed by atoms with van der Waals surface area (Å²) in [6, 6.07) is 9.19. The smallest absolute Gasteiger partial charge is 0.410 e. The standard InChI is InChI=1S/C13H18N2O3/c14-11-6-12(8-16)15(7-11)13(17)18-9-10-4-2-1-3-5-10/h1-5,11-12,16H,6-9,14H2. The van der Waals surface area contributed by atoms with Crippen molar-refractivity contribution >= 4 is 6.09 Å². The summed E-state index contributed by atoms with van der Waals surface area (Å²) in [6.07, 6.45) is 0.211. The molecule has 0 spiro atoms. The maximum atomic E-state index is 11.9. The lowest BCUT2D eigenvalue weighted by Gasteiger charge is -2.22. The minimum absolute atomic E-state index is 0.0753. The van der Waals surface area contributed by atoms with Gasteiger partial charge in [-0.15, -0.1) is 0 Å². The molecule has 1 aromatic rings. The second-order valence-electron chi connectivity index (χ2n) is 4.52. The molecule has 0 saturated carbocycles. The van der Waals surface area contributed by atoms with Gasteiger partial charge in [0.2, 0.25) is 0 Å². The molecule has 3 N–H and O–H groups in total. The van der Waals surface area contributed by atoms with Gasteiger partial charge in [-0.05, 0) is 12.0 Å². The summed E-state index contributed by atoms with van der Waals surface area (Å²) >= 11 is 0. The van der Waals surface area contributed by atoms with Gasteiger partial charge in [0.25, 0.3) is 0 Å². The van der Waals surface area contributed by atoms with E-state index in [2.05, 4.69) is 0 Å². The number of ether oxygens (including phenoxy) is 1. The highest BCUT2D eigenvalue weighted by Crippen LogP contribution is 2.17. The molecular weight excluding hydrogens is 232 g/mol. The van der Waals surface area contributed by atoms with Gasteiger partial charge in [-0.3, -0.25) is 0 Å². The summed E-state index contributed by atoms with van der Waals surface area (Å²) in [5, 5.41) is 9.18. The van der Waals surface area contributed by atoms with Crippen molar-refractivity contribution in [3.05, 3.63) is 35.9 Å². The molecule has 0 bridgehead atoms. The highest BCUT2D eigenvalue weighted by molar-refractivity contribution is 5.68. The number of rotatable bonds is 3. The van der Waals surface area contributed by atoms with E-state index in [1.165, 1.54) is 4.90 Å². The molecule has 18 heavy (non-hydrogen) atoms. The monoisotopic (exact) mass is 250 g/mol. The van der Waals surface area contributed by atoms with Crippen LogP contribution in [0.3, 0.4) is 0 Å². The van der Waals surface area contributed by atoms with Crippen molar-refractivity contribution in [3.8, 4) is 0 Å². The molecule has 1 aliphatic heterocycles. The molecule has 0 aromatic heterocycles. The third kappa shape index (κ3) is 3.00. The highest BCUT2D eigenvalue weighted by atomic mass is 16.6. The Morgan fingerprint density at radius 3 is 2.83 bits per heavy atom. The van der Waals surface area contributed by atoms with Crippen molar-refractivity contribution in [2.45, 2.75) is 25.1 Å². The molecule has 5 heteroatoms. The number of carbonyl (C=O) groups is 1. The topological polar surface area (TPSA) is 75.8 Å². The fourth-order valence-electron chi connectivity index (χ4n) is 2.15. The van der Waals surface area contributed by atoms with Crippen LogP contribution in [0.1, 0.15) is 12.0 Å². The van der Waals surface area contributed by atoms with Crippen molar-refractivity contribution in [2.75, 3.05) is 13.2 Å². The number of aliphatic hydroxyl groups excluding tert-OH is 1. The molecule has 98 valence electrons. The number of hydrogen-bond acceptors (Lipinski definition) is 4. The fourth-order valence-corrected chi connectivity index (χ4v) is 2.15. The molecule has 1 saturated heterocycles. The van der Waals surface area contributed by atoms with E-state index in [4.69, 9.17) is 10.5 Å². The van der Waals surface area contributed by atoms with Gasteiger partial charge in [-0.2, -0.15) is 0 Å². The van der Waals surface area contributed by atoms with Gasteiger partial charge in [-0.1, -0.05) is 30.3 Å².